The minimum Gasteiger partial charge on any atom is -0.461 e. The molecule has 0 fully saturated rings. The van der Waals surface area contributed by atoms with E-state index in [2.05, 4.69) is 29.0 Å². The first-order valence-electron chi connectivity index (χ1n) is 7.74. The summed E-state index contributed by atoms with van der Waals surface area (Å²) in [6, 6.07) is 11.8. The Morgan fingerprint density at radius 3 is 2.83 bits per heavy atom. The minimum absolute atomic E-state index is 0.322. The Hall–Kier alpha value is -2.75. The molecule has 0 atom stereocenters. The van der Waals surface area contributed by atoms with Gasteiger partial charge in [0.1, 0.15) is 5.69 Å². The molecule has 0 amide bonds. The summed E-state index contributed by atoms with van der Waals surface area (Å²) < 4.78 is 5.10. The predicted octanol–water partition coefficient (Wildman–Crippen LogP) is 4.04. The van der Waals surface area contributed by atoms with Crippen LogP contribution in [0.2, 0.25) is 0 Å². The molecule has 0 aliphatic heterocycles. The van der Waals surface area contributed by atoms with E-state index in [0.29, 0.717) is 12.3 Å². The lowest BCUT2D eigenvalue weighted by molar-refractivity contribution is 0.0520. The fourth-order valence-electron chi connectivity index (χ4n) is 2.56. The second-order valence-electron chi connectivity index (χ2n) is 5.23. The molecule has 2 aromatic heterocycles. The normalized spacial score (nSPS) is 10.7. The number of rotatable bonds is 4. The molecule has 23 heavy (non-hydrogen) atoms. The van der Waals surface area contributed by atoms with Crippen LogP contribution in [-0.4, -0.2) is 22.5 Å². The molecule has 0 bridgehead atoms. The molecule has 0 saturated carbocycles. The summed E-state index contributed by atoms with van der Waals surface area (Å²) in [4.78, 5) is 20.8. The van der Waals surface area contributed by atoms with Crippen LogP contribution >= 0.6 is 0 Å². The van der Waals surface area contributed by atoms with E-state index >= 15 is 0 Å². The van der Waals surface area contributed by atoms with E-state index in [-0.39, 0.29) is 0 Å². The number of benzene rings is 1. The number of pyridine rings is 2. The molecule has 0 aliphatic rings. The summed E-state index contributed by atoms with van der Waals surface area (Å²) in [7, 11) is 0. The molecule has 2 heterocycles. The molecule has 0 saturated heterocycles. The predicted molar refractivity (Wildman–Crippen MR) is 90.3 cm³/mol. The summed E-state index contributed by atoms with van der Waals surface area (Å²) in [6.07, 6.45) is 4.44. The number of carbonyl (C=O) groups is 1. The van der Waals surface area contributed by atoms with Gasteiger partial charge in [0.15, 0.2) is 0 Å². The monoisotopic (exact) mass is 306 g/mol. The molecule has 0 radical (unpaired) electrons. The average Bonchev–Trinajstić information content (AvgIpc) is 2.61. The van der Waals surface area contributed by atoms with E-state index in [9.17, 15) is 4.79 Å². The summed E-state index contributed by atoms with van der Waals surface area (Å²) in [5.41, 5.74) is 3.28. The molecule has 3 aromatic rings. The number of aromatic nitrogens is 2. The van der Waals surface area contributed by atoms with Gasteiger partial charge in [-0.15, -0.1) is 0 Å². The fraction of sp³-hybridized carbons (Fsp3) is 0.211. The van der Waals surface area contributed by atoms with Crippen molar-refractivity contribution in [2.75, 3.05) is 6.61 Å². The van der Waals surface area contributed by atoms with Gasteiger partial charge in [-0.05, 0) is 42.5 Å². The molecule has 3 rings (SSSR count). The highest BCUT2D eigenvalue weighted by Crippen LogP contribution is 2.28. The van der Waals surface area contributed by atoms with E-state index in [4.69, 9.17) is 4.74 Å². The summed E-state index contributed by atoms with van der Waals surface area (Å²) in [6.45, 7) is 4.23. The molecule has 4 nitrogen and oxygen atoms in total. The fourth-order valence-corrected chi connectivity index (χ4v) is 2.56. The van der Waals surface area contributed by atoms with Crippen molar-refractivity contribution in [2.24, 2.45) is 0 Å². The molecular formula is C19H18N2O2. The smallest absolute Gasteiger partial charge is 0.356 e. The van der Waals surface area contributed by atoms with E-state index in [1.54, 1.807) is 25.4 Å². The largest absolute Gasteiger partial charge is 0.461 e. The van der Waals surface area contributed by atoms with Gasteiger partial charge in [-0.25, -0.2) is 9.78 Å². The van der Waals surface area contributed by atoms with Gasteiger partial charge in [0, 0.05) is 23.3 Å². The van der Waals surface area contributed by atoms with E-state index in [1.165, 1.54) is 5.56 Å². The third-order valence-corrected chi connectivity index (χ3v) is 3.73. The standard InChI is InChI=1S/C19H18N2O2/c1-3-13-6-5-7-15(10-13)18-16-12-20-9-8-14(16)11-17(21-18)19(22)23-4-2/h5-12H,3-4H2,1-2H3. The van der Waals surface area contributed by atoms with Crippen molar-refractivity contribution in [3.8, 4) is 11.3 Å². The van der Waals surface area contributed by atoms with E-state index < -0.39 is 5.97 Å². The summed E-state index contributed by atoms with van der Waals surface area (Å²) >= 11 is 0. The number of esters is 1. The van der Waals surface area contributed by atoms with Crippen molar-refractivity contribution >= 4 is 16.7 Å². The maximum atomic E-state index is 12.1. The van der Waals surface area contributed by atoms with Gasteiger partial charge in [0.2, 0.25) is 0 Å². The highest BCUT2D eigenvalue weighted by Gasteiger charge is 2.14. The zero-order chi connectivity index (χ0) is 16.2. The number of hydrogen-bond acceptors (Lipinski definition) is 4. The van der Waals surface area contributed by atoms with Crippen LogP contribution < -0.4 is 0 Å². The minimum atomic E-state index is -0.404. The van der Waals surface area contributed by atoms with Crippen LogP contribution in [0.25, 0.3) is 22.0 Å². The van der Waals surface area contributed by atoms with Crippen LogP contribution in [0.3, 0.4) is 0 Å². The van der Waals surface area contributed by atoms with Crippen molar-refractivity contribution in [2.45, 2.75) is 20.3 Å². The number of nitrogens with zero attached hydrogens (tertiary/aromatic N) is 2. The van der Waals surface area contributed by atoms with Crippen LogP contribution in [0.5, 0.6) is 0 Å². The Bertz CT molecular complexity index is 859. The first-order valence-corrected chi connectivity index (χ1v) is 7.74. The Kier molecular flexibility index (Phi) is 4.33. The number of fused-ring (bicyclic) bond motifs is 1. The van der Waals surface area contributed by atoms with Crippen LogP contribution in [0.15, 0.2) is 48.8 Å². The average molecular weight is 306 g/mol. The Morgan fingerprint density at radius 2 is 2.04 bits per heavy atom. The number of aryl methyl sites for hydroxylation is 1. The van der Waals surface area contributed by atoms with Gasteiger partial charge in [-0.1, -0.05) is 25.1 Å². The van der Waals surface area contributed by atoms with E-state index in [1.807, 2.05) is 18.2 Å². The van der Waals surface area contributed by atoms with Crippen molar-refractivity contribution < 1.29 is 9.53 Å². The number of carbonyl (C=O) groups excluding carboxylic acids is 1. The second kappa shape index (κ2) is 6.57. The summed E-state index contributed by atoms with van der Waals surface area (Å²) in [5, 5.41) is 1.85. The first-order chi connectivity index (χ1) is 11.2. The van der Waals surface area contributed by atoms with Gasteiger partial charge in [0.05, 0.1) is 12.3 Å². The maximum absolute atomic E-state index is 12.1. The molecule has 0 N–H and O–H groups in total. The maximum Gasteiger partial charge on any atom is 0.356 e. The van der Waals surface area contributed by atoms with Crippen molar-refractivity contribution in [1.82, 2.24) is 9.97 Å². The van der Waals surface area contributed by atoms with Crippen LogP contribution in [-0.2, 0) is 11.2 Å². The zero-order valence-electron chi connectivity index (χ0n) is 13.2. The third kappa shape index (κ3) is 3.06. The van der Waals surface area contributed by atoms with Crippen molar-refractivity contribution in [3.63, 3.8) is 0 Å². The topological polar surface area (TPSA) is 52.1 Å². The second-order valence-corrected chi connectivity index (χ2v) is 5.23. The number of hydrogen-bond donors (Lipinski definition) is 0. The van der Waals surface area contributed by atoms with Gasteiger partial charge in [-0.2, -0.15) is 0 Å². The highest BCUT2D eigenvalue weighted by atomic mass is 16.5. The lowest BCUT2D eigenvalue weighted by Crippen LogP contribution is -2.08. The Morgan fingerprint density at radius 1 is 1.17 bits per heavy atom. The Balaban J connectivity index is 2.22. The molecular weight excluding hydrogens is 288 g/mol. The molecule has 4 heteroatoms. The van der Waals surface area contributed by atoms with Gasteiger partial charge in [0.25, 0.3) is 0 Å². The third-order valence-electron chi connectivity index (χ3n) is 3.73. The summed E-state index contributed by atoms with van der Waals surface area (Å²) in [5.74, 6) is -0.404. The van der Waals surface area contributed by atoms with Crippen LogP contribution in [0, 0.1) is 0 Å². The molecule has 0 aliphatic carbocycles. The zero-order valence-corrected chi connectivity index (χ0v) is 13.2. The SMILES string of the molecule is CCOC(=O)c1cc2ccncc2c(-c2cccc(CC)c2)n1. The van der Waals surface area contributed by atoms with Gasteiger partial charge < -0.3 is 4.74 Å². The first kappa shape index (κ1) is 15.2. The molecule has 1 aromatic carbocycles. The van der Waals surface area contributed by atoms with Crippen LogP contribution in [0.4, 0.5) is 0 Å². The lowest BCUT2D eigenvalue weighted by Gasteiger charge is -2.10. The van der Waals surface area contributed by atoms with Gasteiger partial charge in [-0.3, -0.25) is 4.98 Å². The molecule has 0 unspecified atom stereocenters. The lowest BCUT2D eigenvalue weighted by atomic mass is 10.0. The molecule has 116 valence electrons. The number of ether oxygens (including phenoxy) is 1. The Labute approximate surface area is 135 Å². The quantitative estimate of drug-likeness (QED) is 0.683. The molecule has 0 spiro atoms. The van der Waals surface area contributed by atoms with E-state index in [0.717, 1.165) is 28.5 Å². The van der Waals surface area contributed by atoms with Gasteiger partial charge >= 0.3 is 5.97 Å². The van der Waals surface area contributed by atoms with Crippen molar-refractivity contribution in [3.05, 3.63) is 60.0 Å². The highest BCUT2D eigenvalue weighted by molar-refractivity contribution is 5.99. The van der Waals surface area contributed by atoms with Crippen LogP contribution in [0.1, 0.15) is 29.9 Å². The van der Waals surface area contributed by atoms with Crippen molar-refractivity contribution in [1.29, 1.82) is 0 Å².